The lowest BCUT2D eigenvalue weighted by Crippen LogP contribution is -2.58. The molecule has 0 saturated heterocycles. The lowest BCUT2D eigenvalue weighted by Gasteiger charge is -2.26. The molecule has 0 aliphatic rings. The van der Waals surface area contributed by atoms with Gasteiger partial charge in [0, 0.05) is 0 Å². The second-order valence-corrected chi connectivity index (χ2v) is 8.22. The minimum Gasteiger partial charge on any atom is -0.480 e. The molecule has 168 valence electrons. The van der Waals surface area contributed by atoms with E-state index in [-0.39, 0.29) is 11.8 Å². The number of aliphatic hydroxyl groups excluding tert-OH is 1. The largest absolute Gasteiger partial charge is 0.480 e. The van der Waals surface area contributed by atoms with Crippen molar-refractivity contribution in [3.63, 3.8) is 0 Å². The number of carboxylic acids is 1. The zero-order valence-electron chi connectivity index (χ0n) is 18.1. The summed E-state index contributed by atoms with van der Waals surface area (Å²) in [5.41, 5.74) is 5.62. The van der Waals surface area contributed by atoms with Crippen molar-refractivity contribution in [1.29, 1.82) is 0 Å². The third-order valence-electron chi connectivity index (χ3n) is 4.23. The molecular formula is C19H36N4O6. The lowest BCUT2D eigenvalue weighted by molar-refractivity contribution is -0.142. The van der Waals surface area contributed by atoms with Crippen molar-refractivity contribution in [2.24, 2.45) is 17.6 Å². The minimum atomic E-state index is -1.19. The number of carbonyl (C=O) groups is 4. The van der Waals surface area contributed by atoms with Gasteiger partial charge >= 0.3 is 5.97 Å². The van der Waals surface area contributed by atoms with E-state index in [4.69, 9.17) is 10.8 Å². The Kier molecular flexibility index (Phi) is 11.4. The second kappa shape index (κ2) is 12.4. The summed E-state index contributed by atoms with van der Waals surface area (Å²) in [5, 5.41) is 25.9. The summed E-state index contributed by atoms with van der Waals surface area (Å²) in [6.45, 7) is 10.2. The number of aliphatic carboxylic acids is 1. The average molecular weight is 417 g/mol. The monoisotopic (exact) mass is 416 g/mol. The topological polar surface area (TPSA) is 171 Å². The fourth-order valence-corrected chi connectivity index (χ4v) is 2.54. The molecule has 0 rings (SSSR count). The standard InChI is InChI=1S/C19H36N4O6/c1-9(2)7-13(16(25)21-11(5)19(28)29)22-17(26)14(8-10(3)4)23-18(27)15(20)12(6)24/h9-15,24H,7-8,20H2,1-6H3,(H,21,25)(H,22,26)(H,23,27)(H,28,29)/t11-,12+,13-,14-,15-/m0/s1. The number of nitrogens with two attached hydrogens (primary N) is 1. The zero-order valence-corrected chi connectivity index (χ0v) is 18.1. The van der Waals surface area contributed by atoms with E-state index in [1.807, 2.05) is 27.7 Å². The molecule has 0 heterocycles. The molecule has 3 amide bonds. The fraction of sp³-hybridized carbons (Fsp3) is 0.789. The molecular weight excluding hydrogens is 380 g/mol. The molecule has 5 atom stereocenters. The van der Waals surface area contributed by atoms with Crippen LogP contribution in [0.1, 0.15) is 54.4 Å². The van der Waals surface area contributed by atoms with Crippen LogP contribution in [-0.4, -0.2) is 64.2 Å². The summed E-state index contributed by atoms with van der Waals surface area (Å²) in [6, 6.07) is -4.21. The number of hydrogen-bond acceptors (Lipinski definition) is 6. The number of carbonyl (C=O) groups excluding carboxylic acids is 3. The first kappa shape index (κ1) is 26.8. The molecule has 7 N–H and O–H groups in total. The van der Waals surface area contributed by atoms with E-state index in [0.717, 1.165) is 0 Å². The van der Waals surface area contributed by atoms with Crippen LogP contribution in [0, 0.1) is 11.8 Å². The molecule has 10 heteroatoms. The van der Waals surface area contributed by atoms with Crippen molar-refractivity contribution >= 4 is 23.7 Å². The summed E-state index contributed by atoms with van der Waals surface area (Å²) >= 11 is 0. The first-order valence-electron chi connectivity index (χ1n) is 9.83. The normalized spacial score (nSPS) is 16.5. The molecule has 0 aromatic carbocycles. The highest BCUT2D eigenvalue weighted by Gasteiger charge is 2.30. The average Bonchev–Trinajstić information content (AvgIpc) is 2.58. The molecule has 0 saturated carbocycles. The van der Waals surface area contributed by atoms with Crippen molar-refractivity contribution in [3.05, 3.63) is 0 Å². The van der Waals surface area contributed by atoms with Crippen molar-refractivity contribution in [2.45, 2.75) is 84.7 Å². The van der Waals surface area contributed by atoms with Crippen LogP contribution >= 0.6 is 0 Å². The Balaban J connectivity index is 5.36. The van der Waals surface area contributed by atoms with Gasteiger partial charge < -0.3 is 31.9 Å². The quantitative estimate of drug-likeness (QED) is 0.245. The summed E-state index contributed by atoms with van der Waals surface area (Å²) in [6.07, 6.45) is -0.500. The van der Waals surface area contributed by atoms with Crippen LogP contribution < -0.4 is 21.7 Å². The molecule has 0 aromatic rings. The Morgan fingerprint density at radius 1 is 0.759 bits per heavy atom. The highest BCUT2D eigenvalue weighted by atomic mass is 16.4. The number of rotatable bonds is 12. The van der Waals surface area contributed by atoms with Crippen molar-refractivity contribution in [2.75, 3.05) is 0 Å². The van der Waals surface area contributed by atoms with Crippen LogP contribution in [0.15, 0.2) is 0 Å². The van der Waals surface area contributed by atoms with Crippen molar-refractivity contribution < 1.29 is 29.4 Å². The van der Waals surface area contributed by atoms with Gasteiger partial charge in [0.05, 0.1) is 6.10 Å². The summed E-state index contributed by atoms with van der Waals surface area (Å²) < 4.78 is 0. The predicted molar refractivity (Wildman–Crippen MR) is 108 cm³/mol. The maximum atomic E-state index is 12.8. The lowest BCUT2D eigenvalue weighted by atomic mass is 9.99. The summed E-state index contributed by atoms with van der Waals surface area (Å²) in [5.74, 6) is -2.95. The first-order chi connectivity index (χ1) is 13.3. The van der Waals surface area contributed by atoms with E-state index < -0.39 is 54.0 Å². The number of aliphatic hydroxyl groups is 1. The molecule has 10 nitrogen and oxygen atoms in total. The third kappa shape index (κ3) is 10.2. The Morgan fingerprint density at radius 3 is 1.48 bits per heavy atom. The molecule has 0 aliphatic carbocycles. The van der Waals surface area contributed by atoms with Gasteiger partial charge in [-0.15, -0.1) is 0 Å². The summed E-state index contributed by atoms with van der Waals surface area (Å²) in [4.78, 5) is 48.4. The van der Waals surface area contributed by atoms with Crippen LogP contribution in [0.25, 0.3) is 0 Å². The minimum absolute atomic E-state index is 0.0491. The van der Waals surface area contributed by atoms with Gasteiger partial charge in [-0.25, -0.2) is 0 Å². The van der Waals surface area contributed by atoms with Gasteiger partial charge in [0.1, 0.15) is 24.2 Å². The SMILES string of the molecule is CC(C)C[C@H](NC(=O)[C@H](CC(C)C)NC(=O)[C@@H](N)[C@@H](C)O)C(=O)N[C@@H](C)C(=O)O. The third-order valence-corrected chi connectivity index (χ3v) is 4.23. The molecule has 0 radical (unpaired) electrons. The van der Waals surface area contributed by atoms with E-state index >= 15 is 0 Å². The van der Waals surface area contributed by atoms with Gasteiger partial charge in [-0.3, -0.25) is 19.2 Å². The smallest absolute Gasteiger partial charge is 0.325 e. The molecule has 0 aromatic heterocycles. The zero-order chi connectivity index (χ0) is 22.9. The van der Waals surface area contributed by atoms with Gasteiger partial charge in [-0.2, -0.15) is 0 Å². The predicted octanol–water partition coefficient (Wildman–Crippen LogP) is -0.654. The van der Waals surface area contributed by atoms with Crippen LogP contribution in [0.5, 0.6) is 0 Å². The molecule has 0 unspecified atom stereocenters. The molecule has 0 spiro atoms. The molecule has 0 bridgehead atoms. The van der Waals surface area contributed by atoms with Gasteiger partial charge in [-0.05, 0) is 38.5 Å². The van der Waals surface area contributed by atoms with E-state index in [1.54, 1.807) is 0 Å². The van der Waals surface area contributed by atoms with Gasteiger partial charge in [0.25, 0.3) is 0 Å². The van der Waals surface area contributed by atoms with Crippen LogP contribution in [-0.2, 0) is 19.2 Å². The van der Waals surface area contributed by atoms with Crippen molar-refractivity contribution in [1.82, 2.24) is 16.0 Å². The number of amides is 3. The Bertz CT molecular complexity index is 579. The molecule has 29 heavy (non-hydrogen) atoms. The Hall–Kier alpha value is -2.20. The highest BCUT2D eigenvalue weighted by Crippen LogP contribution is 2.09. The molecule has 0 aliphatic heterocycles. The summed E-state index contributed by atoms with van der Waals surface area (Å²) in [7, 11) is 0. The maximum Gasteiger partial charge on any atom is 0.325 e. The highest BCUT2D eigenvalue weighted by molar-refractivity contribution is 5.94. The number of carboxylic acid groups (broad SMARTS) is 1. The van der Waals surface area contributed by atoms with Crippen LogP contribution in [0.3, 0.4) is 0 Å². The second-order valence-electron chi connectivity index (χ2n) is 8.22. The maximum absolute atomic E-state index is 12.8. The Morgan fingerprint density at radius 2 is 1.14 bits per heavy atom. The fourth-order valence-electron chi connectivity index (χ4n) is 2.54. The van der Waals surface area contributed by atoms with Gasteiger partial charge in [0.15, 0.2) is 0 Å². The van der Waals surface area contributed by atoms with E-state index in [2.05, 4.69) is 16.0 Å². The van der Waals surface area contributed by atoms with Gasteiger partial charge in [-0.1, -0.05) is 27.7 Å². The van der Waals surface area contributed by atoms with E-state index in [9.17, 15) is 24.3 Å². The Labute approximate surface area is 172 Å². The first-order valence-corrected chi connectivity index (χ1v) is 9.83. The van der Waals surface area contributed by atoms with Crippen LogP contribution in [0.4, 0.5) is 0 Å². The van der Waals surface area contributed by atoms with Crippen LogP contribution in [0.2, 0.25) is 0 Å². The molecule has 0 fully saturated rings. The number of hydrogen-bond donors (Lipinski definition) is 6. The number of nitrogens with one attached hydrogen (secondary N) is 3. The van der Waals surface area contributed by atoms with E-state index in [1.165, 1.54) is 13.8 Å². The van der Waals surface area contributed by atoms with E-state index in [0.29, 0.717) is 12.8 Å². The van der Waals surface area contributed by atoms with Crippen molar-refractivity contribution in [3.8, 4) is 0 Å². The van der Waals surface area contributed by atoms with Gasteiger partial charge in [0.2, 0.25) is 17.7 Å².